The minimum absolute atomic E-state index is 0.0174. The van der Waals surface area contributed by atoms with Crippen LogP contribution >= 0.6 is 11.8 Å². The van der Waals surface area contributed by atoms with E-state index in [4.69, 9.17) is 10.8 Å². The molecule has 3 fully saturated rings. The second-order valence-electron chi connectivity index (χ2n) is 15.6. The van der Waals surface area contributed by atoms with Crippen molar-refractivity contribution in [3.8, 4) is 0 Å². The van der Waals surface area contributed by atoms with E-state index < -0.39 is 5.41 Å². The average molecular weight is 761 g/mol. The molecule has 3 aliphatic rings. The fourth-order valence-electron chi connectivity index (χ4n) is 6.76. The van der Waals surface area contributed by atoms with Gasteiger partial charge in [0.25, 0.3) is 5.91 Å². The van der Waals surface area contributed by atoms with E-state index in [1.807, 2.05) is 24.3 Å². The Balaban J connectivity index is 0.952. The number of ether oxygens (including phenoxy) is 2. The summed E-state index contributed by atoms with van der Waals surface area (Å²) >= 11 is 1.79. The Morgan fingerprint density at radius 1 is 0.962 bits per heavy atom. The number of unbranched alkanes of at least 4 members (excludes halogenated alkanes) is 2. The zero-order valence-corrected chi connectivity index (χ0v) is 32.6. The monoisotopic (exact) mass is 760 g/mol. The van der Waals surface area contributed by atoms with E-state index in [0.717, 1.165) is 37.7 Å². The highest BCUT2D eigenvalue weighted by Gasteiger charge is 2.50. The molecule has 1 aromatic rings. The van der Waals surface area contributed by atoms with Crippen LogP contribution in [0, 0.1) is 5.41 Å². The zero-order valence-electron chi connectivity index (χ0n) is 32.8. The fourth-order valence-corrected chi connectivity index (χ4v) is 8.36. The van der Waals surface area contributed by atoms with Gasteiger partial charge in [-0.3, -0.25) is 24.1 Å². The van der Waals surface area contributed by atoms with Crippen LogP contribution in [-0.4, -0.2) is 127 Å². The van der Waals surface area contributed by atoms with E-state index in [1.54, 1.807) is 16.7 Å². The van der Waals surface area contributed by atoms with Crippen molar-refractivity contribution >= 4 is 41.4 Å². The summed E-state index contributed by atoms with van der Waals surface area (Å²) in [6.07, 6.45) is 6.40. The second kappa shape index (κ2) is 20.5. The molecule has 3 atom stereocenters. The highest BCUT2D eigenvalue weighted by molar-refractivity contribution is 8.00. The summed E-state index contributed by atoms with van der Waals surface area (Å²) in [7, 11) is 0. The molecule has 0 bridgehead atoms. The van der Waals surface area contributed by atoms with Crippen molar-refractivity contribution in [3.05, 3.63) is 35.4 Å². The number of hydrogen-bond acceptors (Lipinski definition) is 9. The molecule has 3 saturated heterocycles. The molecule has 0 unspecified atom stereocenters. The van der Waals surface area contributed by atoms with Crippen molar-refractivity contribution in [1.29, 1.82) is 0 Å². The summed E-state index contributed by atoms with van der Waals surface area (Å²) < 4.78 is 18.6. The lowest BCUT2D eigenvalue weighted by atomic mass is 9.81. The van der Waals surface area contributed by atoms with Crippen molar-refractivity contribution < 1.29 is 39.9 Å². The topological polar surface area (TPSA) is 167 Å². The van der Waals surface area contributed by atoms with E-state index in [9.17, 15) is 29.1 Å². The number of urea groups is 1. The summed E-state index contributed by atoms with van der Waals surface area (Å²) in [5, 5.41) is 18.5. The van der Waals surface area contributed by atoms with Crippen LogP contribution in [0.5, 0.6) is 0 Å². The number of imide groups is 1. The van der Waals surface area contributed by atoms with E-state index in [0.29, 0.717) is 76.4 Å². The van der Waals surface area contributed by atoms with Gasteiger partial charge >= 0.3 is 6.03 Å². The molecular weight excluding hydrogens is 699 g/mol. The number of rotatable bonds is 20. The Kier molecular flexibility index (Phi) is 15.8. The maximum atomic E-state index is 13.3. The maximum Gasteiger partial charge on any atom is 0.325 e. The Morgan fingerprint density at radius 2 is 1.66 bits per heavy atom. The number of carbonyl (C=O) groups excluding carboxylic acids is 5. The standard InChI is InChI=1S/C39H61N5O8S/c1-38(2,3)29-14-12-28(13-15-29)36(49)44-30-26-53-31(35(30)42-37(44)50)10-5-6-11-32(46)40-18-7-8-22-51-23-9-19-41-33(47)24-52-25-34(48)43-20-16-39(4,27-45)17-21-43/h12-15,30-31,35,45H,5-11,16-27H2,1-4H3,(H,40,46)(H,41,47)(H,42,50)/t30-,31-,35-/m0/s1/i4D. The molecule has 53 heavy (non-hydrogen) atoms. The molecule has 0 radical (unpaired) electrons. The molecule has 0 spiro atoms. The molecule has 13 nitrogen and oxygen atoms in total. The van der Waals surface area contributed by atoms with Gasteiger partial charge in [0.05, 0.1) is 12.1 Å². The van der Waals surface area contributed by atoms with Crippen LogP contribution < -0.4 is 16.0 Å². The normalized spacial score (nSPS) is 21.2. The lowest BCUT2D eigenvalue weighted by molar-refractivity contribution is -0.140. The first-order chi connectivity index (χ1) is 25.9. The van der Waals surface area contributed by atoms with Gasteiger partial charge in [-0.2, -0.15) is 11.8 Å². The maximum absolute atomic E-state index is 13.3. The number of aliphatic hydroxyl groups is 1. The smallest absolute Gasteiger partial charge is 0.325 e. The quantitative estimate of drug-likeness (QED) is 0.115. The molecule has 0 saturated carbocycles. The van der Waals surface area contributed by atoms with Crippen LogP contribution in [0.3, 0.4) is 0 Å². The number of carbonyl (C=O) groups is 5. The highest BCUT2D eigenvalue weighted by atomic mass is 32.2. The van der Waals surface area contributed by atoms with Crippen molar-refractivity contribution in [2.45, 2.75) is 108 Å². The van der Waals surface area contributed by atoms with Crippen molar-refractivity contribution in [3.63, 3.8) is 0 Å². The van der Waals surface area contributed by atoms with Gasteiger partial charge in [-0.25, -0.2) is 4.79 Å². The predicted octanol–water partition coefficient (Wildman–Crippen LogP) is 3.62. The molecule has 3 heterocycles. The molecule has 1 aromatic carbocycles. The molecule has 296 valence electrons. The van der Waals surface area contributed by atoms with Gasteiger partial charge < -0.3 is 35.4 Å². The summed E-state index contributed by atoms with van der Waals surface area (Å²) in [6, 6.07) is 6.98. The number of hydrogen-bond donors (Lipinski definition) is 4. The van der Waals surface area contributed by atoms with Crippen LogP contribution in [0.2, 0.25) is 0 Å². The molecule has 0 aromatic heterocycles. The number of nitrogens with zero attached hydrogens (tertiary/aromatic N) is 2. The fraction of sp³-hybridized carbons (Fsp3) is 0.718. The van der Waals surface area contributed by atoms with Gasteiger partial charge in [0, 0.05) is 70.4 Å². The Labute approximate surface area is 320 Å². The number of aliphatic hydroxyl groups excluding tert-OH is 1. The van der Waals surface area contributed by atoms with E-state index >= 15 is 0 Å². The molecule has 6 amide bonds. The van der Waals surface area contributed by atoms with E-state index in [1.165, 1.54) is 4.90 Å². The number of piperidine rings is 1. The van der Waals surface area contributed by atoms with Crippen LogP contribution in [0.1, 0.15) is 103 Å². The van der Waals surface area contributed by atoms with E-state index in [2.05, 4.69) is 36.7 Å². The number of thioether (sulfide) groups is 1. The number of fused-ring (bicyclic) bond motifs is 1. The second-order valence-corrected chi connectivity index (χ2v) is 16.8. The van der Waals surface area contributed by atoms with Gasteiger partial charge in [0.2, 0.25) is 17.7 Å². The highest BCUT2D eigenvalue weighted by Crippen LogP contribution is 2.38. The molecule has 3 aliphatic heterocycles. The molecule has 0 aliphatic carbocycles. The first-order valence-corrected chi connectivity index (χ1v) is 20.2. The summed E-state index contributed by atoms with van der Waals surface area (Å²) in [5.74, 6) is 0.000902. The zero-order chi connectivity index (χ0) is 39.1. The van der Waals surface area contributed by atoms with Gasteiger partial charge in [0.15, 0.2) is 0 Å². The van der Waals surface area contributed by atoms with Crippen LogP contribution in [0.25, 0.3) is 0 Å². The molecular formula is C39H61N5O8S. The number of nitrogens with one attached hydrogen (secondary N) is 3. The number of benzene rings is 1. The number of likely N-dealkylation sites (tertiary alicyclic amines) is 1. The largest absolute Gasteiger partial charge is 0.396 e. The van der Waals surface area contributed by atoms with E-state index in [-0.39, 0.29) is 79.1 Å². The van der Waals surface area contributed by atoms with Gasteiger partial charge in [-0.05, 0) is 73.5 Å². The third-order valence-corrected chi connectivity index (χ3v) is 11.8. The predicted molar refractivity (Wildman–Crippen MR) is 205 cm³/mol. The van der Waals surface area contributed by atoms with Crippen molar-refractivity contribution in [2.75, 3.05) is 65.0 Å². The first-order valence-electron chi connectivity index (χ1n) is 19.8. The summed E-state index contributed by atoms with van der Waals surface area (Å²) in [4.78, 5) is 65.9. The minimum atomic E-state index is -0.419. The summed E-state index contributed by atoms with van der Waals surface area (Å²) in [6.45, 7) is 9.15. The summed E-state index contributed by atoms with van der Waals surface area (Å²) in [5.41, 5.74) is 1.22. The third kappa shape index (κ3) is 13.0. The lowest BCUT2D eigenvalue weighted by Crippen LogP contribution is -2.45. The van der Waals surface area contributed by atoms with Crippen LogP contribution in [-0.2, 0) is 29.3 Å². The Hall–Kier alpha value is -3.20. The van der Waals surface area contributed by atoms with Crippen LogP contribution in [0.4, 0.5) is 4.79 Å². The van der Waals surface area contributed by atoms with Crippen LogP contribution in [0.15, 0.2) is 24.3 Å². The molecule has 14 heteroatoms. The van der Waals surface area contributed by atoms with Crippen molar-refractivity contribution in [2.24, 2.45) is 5.41 Å². The molecule has 4 N–H and O–H groups in total. The Morgan fingerprint density at radius 3 is 2.36 bits per heavy atom. The minimum Gasteiger partial charge on any atom is -0.396 e. The SMILES string of the molecule is [2H]CC1(CO)CCN(C(=O)COCC(=O)NCCCOCCCCNC(=O)CCCC[C@@H]2SC[C@H]3[C@@H]2NC(=O)N3C(=O)c2ccc(C(C)(C)C)cc2)CC1. The molecule has 4 rings (SSSR count). The third-order valence-electron chi connectivity index (χ3n) is 10.3. The van der Waals surface area contributed by atoms with Gasteiger partial charge in [0.1, 0.15) is 13.2 Å². The van der Waals surface area contributed by atoms with Crippen molar-refractivity contribution in [1.82, 2.24) is 25.8 Å². The number of amides is 6. The van der Waals surface area contributed by atoms with Gasteiger partial charge in [-0.15, -0.1) is 0 Å². The Bertz CT molecular complexity index is 1400. The lowest BCUT2D eigenvalue weighted by Gasteiger charge is -2.38. The van der Waals surface area contributed by atoms with Gasteiger partial charge in [-0.1, -0.05) is 46.2 Å². The first kappa shape index (κ1) is 41.0. The average Bonchev–Trinajstić information content (AvgIpc) is 3.70.